The minimum atomic E-state index is -0.494. The molecule has 1 aromatic carbocycles. The van der Waals surface area contributed by atoms with E-state index >= 15 is 0 Å². The quantitative estimate of drug-likeness (QED) is 0.674. The monoisotopic (exact) mass is 316 g/mol. The molecular formula is C12H14BrFN2O2. The second-order valence-corrected chi connectivity index (χ2v) is 5.55. The number of nitro benzene ring substituents is 1. The molecule has 98 valence electrons. The molecule has 2 rings (SSSR count). The smallest absolute Gasteiger partial charge is 0.293 e. The van der Waals surface area contributed by atoms with Gasteiger partial charge in [0.15, 0.2) is 0 Å². The average molecular weight is 317 g/mol. The predicted octanol–water partition coefficient (Wildman–Crippen LogP) is 4.10. The molecule has 1 saturated carbocycles. The normalized spacial score (nSPS) is 23.1. The maximum atomic E-state index is 13.5. The maximum absolute atomic E-state index is 13.5. The van der Waals surface area contributed by atoms with Gasteiger partial charge in [-0.05, 0) is 34.7 Å². The summed E-state index contributed by atoms with van der Waals surface area (Å²) in [6, 6.07) is 2.58. The number of rotatable bonds is 3. The van der Waals surface area contributed by atoms with Gasteiger partial charge in [0.05, 0.1) is 9.40 Å². The molecule has 0 saturated heterocycles. The van der Waals surface area contributed by atoms with Crippen LogP contribution < -0.4 is 5.32 Å². The van der Waals surface area contributed by atoms with Crippen LogP contribution in [0, 0.1) is 21.8 Å². The number of halogens is 2. The molecular weight excluding hydrogens is 303 g/mol. The number of nitro groups is 1. The first kappa shape index (κ1) is 13.3. The molecule has 1 aliphatic carbocycles. The fourth-order valence-electron chi connectivity index (χ4n) is 2.36. The molecule has 0 spiro atoms. The van der Waals surface area contributed by atoms with Crippen LogP contribution in [0.15, 0.2) is 16.6 Å². The molecule has 2 atom stereocenters. The average Bonchev–Trinajstić information content (AvgIpc) is 2.69. The molecule has 1 aromatic rings. The molecule has 6 heteroatoms. The van der Waals surface area contributed by atoms with Gasteiger partial charge in [0.25, 0.3) is 5.69 Å². The van der Waals surface area contributed by atoms with E-state index in [2.05, 4.69) is 28.2 Å². The van der Waals surface area contributed by atoms with Crippen LogP contribution in [0.3, 0.4) is 0 Å². The summed E-state index contributed by atoms with van der Waals surface area (Å²) >= 11 is 2.97. The Morgan fingerprint density at radius 1 is 1.50 bits per heavy atom. The fourth-order valence-corrected chi connectivity index (χ4v) is 2.69. The standard InChI is InChI=1S/C12H14BrFN2O2/c1-7-3-2-4-10(7)15-11-6-9(14)8(13)5-12(11)16(17)18/h5-7,10,15H,2-4H2,1H3. The summed E-state index contributed by atoms with van der Waals surface area (Å²) in [5.74, 6) is -0.0370. The third-order valence-electron chi connectivity index (χ3n) is 3.44. The number of benzene rings is 1. The van der Waals surface area contributed by atoms with E-state index in [1.807, 2.05) is 0 Å². The second kappa shape index (κ2) is 5.22. The summed E-state index contributed by atoms with van der Waals surface area (Å²) in [4.78, 5) is 10.5. The molecule has 1 aliphatic rings. The minimum Gasteiger partial charge on any atom is -0.376 e. The Labute approximate surface area is 113 Å². The van der Waals surface area contributed by atoms with Crippen molar-refractivity contribution in [1.29, 1.82) is 0 Å². The Kier molecular flexibility index (Phi) is 3.85. The fraction of sp³-hybridized carbons (Fsp3) is 0.500. The van der Waals surface area contributed by atoms with Crippen molar-refractivity contribution in [2.75, 3.05) is 5.32 Å². The highest BCUT2D eigenvalue weighted by atomic mass is 79.9. The van der Waals surface area contributed by atoms with Gasteiger partial charge in [-0.15, -0.1) is 0 Å². The van der Waals surface area contributed by atoms with Gasteiger partial charge in [-0.1, -0.05) is 13.3 Å². The molecule has 0 heterocycles. The van der Waals surface area contributed by atoms with Crippen molar-refractivity contribution in [2.24, 2.45) is 5.92 Å². The lowest BCUT2D eigenvalue weighted by atomic mass is 10.1. The SMILES string of the molecule is CC1CCCC1Nc1cc(F)c(Br)cc1[N+](=O)[O-]. The minimum absolute atomic E-state index is 0.0950. The second-order valence-electron chi connectivity index (χ2n) is 4.70. The summed E-state index contributed by atoms with van der Waals surface area (Å²) in [5.41, 5.74) is 0.168. The lowest BCUT2D eigenvalue weighted by molar-refractivity contribution is -0.384. The van der Waals surface area contributed by atoms with Gasteiger partial charge in [-0.2, -0.15) is 0 Å². The molecule has 0 aliphatic heterocycles. The van der Waals surface area contributed by atoms with Crippen LogP contribution in [-0.4, -0.2) is 11.0 Å². The largest absolute Gasteiger partial charge is 0.376 e. The summed E-state index contributed by atoms with van der Waals surface area (Å²) < 4.78 is 13.6. The topological polar surface area (TPSA) is 55.2 Å². The van der Waals surface area contributed by atoms with E-state index in [0.717, 1.165) is 19.3 Å². The van der Waals surface area contributed by atoms with Crippen molar-refractivity contribution >= 4 is 27.3 Å². The molecule has 2 unspecified atom stereocenters. The Bertz CT molecular complexity index is 481. The lowest BCUT2D eigenvalue weighted by Gasteiger charge is -2.18. The van der Waals surface area contributed by atoms with E-state index in [-0.39, 0.29) is 21.9 Å². The molecule has 0 amide bonds. The van der Waals surface area contributed by atoms with Crippen LogP contribution in [-0.2, 0) is 0 Å². The highest BCUT2D eigenvalue weighted by Crippen LogP contribution is 2.34. The van der Waals surface area contributed by atoms with Crippen LogP contribution in [0.4, 0.5) is 15.8 Å². The first-order chi connectivity index (χ1) is 8.49. The Morgan fingerprint density at radius 3 is 2.78 bits per heavy atom. The molecule has 0 radical (unpaired) electrons. The Morgan fingerprint density at radius 2 is 2.22 bits per heavy atom. The highest BCUT2D eigenvalue weighted by molar-refractivity contribution is 9.10. The van der Waals surface area contributed by atoms with Gasteiger partial charge in [-0.3, -0.25) is 10.1 Å². The first-order valence-corrected chi connectivity index (χ1v) is 6.68. The van der Waals surface area contributed by atoms with Crippen molar-refractivity contribution in [2.45, 2.75) is 32.2 Å². The van der Waals surface area contributed by atoms with Crippen molar-refractivity contribution in [1.82, 2.24) is 0 Å². The third kappa shape index (κ3) is 2.63. The van der Waals surface area contributed by atoms with E-state index in [1.54, 1.807) is 0 Å². The number of hydrogen-bond donors (Lipinski definition) is 1. The van der Waals surface area contributed by atoms with Crippen LogP contribution in [0.1, 0.15) is 26.2 Å². The van der Waals surface area contributed by atoms with Crippen molar-refractivity contribution in [3.63, 3.8) is 0 Å². The van der Waals surface area contributed by atoms with Gasteiger partial charge in [-0.25, -0.2) is 4.39 Å². The third-order valence-corrected chi connectivity index (χ3v) is 4.05. The number of nitrogens with one attached hydrogen (secondary N) is 1. The number of anilines is 1. The van der Waals surface area contributed by atoms with Crippen molar-refractivity contribution < 1.29 is 9.31 Å². The van der Waals surface area contributed by atoms with Crippen molar-refractivity contribution in [3.8, 4) is 0 Å². The van der Waals surface area contributed by atoms with Gasteiger partial charge < -0.3 is 5.32 Å². The summed E-state index contributed by atoms with van der Waals surface area (Å²) in [6.45, 7) is 2.10. The van der Waals surface area contributed by atoms with Gasteiger partial charge in [0.1, 0.15) is 11.5 Å². The van der Waals surface area contributed by atoms with E-state index in [0.29, 0.717) is 5.92 Å². The molecule has 1 fully saturated rings. The molecule has 0 bridgehead atoms. The zero-order valence-electron chi connectivity index (χ0n) is 9.95. The molecule has 1 N–H and O–H groups in total. The number of hydrogen-bond acceptors (Lipinski definition) is 3. The summed E-state index contributed by atoms with van der Waals surface area (Å²) in [5, 5.41) is 14.1. The Balaban J connectivity index is 2.30. The van der Waals surface area contributed by atoms with Crippen LogP contribution in [0.2, 0.25) is 0 Å². The molecule has 0 aromatic heterocycles. The van der Waals surface area contributed by atoms with E-state index in [9.17, 15) is 14.5 Å². The van der Waals surface area contributed by atoms with Crippen LogP contribution in [0.25, 0.3) is 0 Å². The molecule has 4 nitrogen and oxygen atoms in total. The lowest BCUT2D eigenvalue weighted by Crippen LogP contribution is -2.22. The predicted molar refractivity (Wildman–Crippen MR) is 71.2 cm³/mol. The van der Waals surface area contributed by atoms with Gasteiger partial charge in [0, 0.05) is 18.2 Å². The van der Waals surface area contributed by atoms with E-state index in [4.69, 9.17) is 0 Å². The molecule has 18 heavy (non-hydrogen) atoms. The van der Waals surface area contributed by atoms with E-state index in [1.165, 1.54) is 12.1 Å². The van der Waals surface area contributed by atoms with E-state index < -0.39 is 10.7 Å². The summed E-state index contributed by atoms with van der Waals surface area (Å²) in [6.07, 6.45) is 3.17. The van der Waals surface area contributed by atoms with Crippen molar-refractivity contribution in [3.05, 3.63) is 32.5 Å². The maximum Gasteiger partial charge on any atom is 0.293 e. The van der Waals surface area contributed by atoms with Gasteiger partial charge in [0.2, 0.25) is 0 Å². The summed E-state index contributed by atoms with van der Waals surface area (Å²) in [7, 11) is 0. The Hall–Kier alpha value is -1.17. The zero-order valence-corrected chi connectivity index (χ0v) is 11.5. The highest BCUT2D eigenvalue weighted by Gasteiger charge is 2.26. The van der Waals surface area contributed by atoms with Gasteiger partial charge >= 0.3 is 0 Å². The number of nitrogens with zero attached hydrogens (tertiary/aromatic N) is 1. The zero-order chi connectivity index (χ0) is 13.3. The van der Waals surface area contributed by atoms with Crippen LogP contribution in [0.5, 0.6) is 0 Å². The first-order valence-electron chi connectivity index (χ1n) is 5.89. The van der Waals surface area contributed by atoms with Crippen LogP contribution >= 0.6 is 15.9 Å².